The van der Waals surface area contributed by atoms with Gasteiger partial charge in [0.2, 0.25) is 0 Å². The van der Waals surface area contributed by atoms with Gasteiger partial charge in [0.05, 0.1) is 13.3 Å². The topological polar surface area (TPSA) is 34.1 Å². The second-order valence-electron chi connectivity index (χ2n) is 4.68. The highest BCUT2D eigenvalue weighted by Gasteiger charge is 2.16. The molecule has 1 N–H and O–H groups in total. The van der Waals surface area contributed by atoms with Crippen molar-refractivity contribution in [2.45, 2.75) is 19.4 Å². The van der Waals surface area contributed by atoms with E-state index in [9.17, 15) is 8.78 Å². The Morgan fingerprint density at radius 2 is 2.10 bits per heavy atom. The largest absolute Gasteiger partial charge is 0.494 e. The number of nitrogens with zero attached hydrogens (tertiary/aromatic N) is 1. The fourth-order valence-corrected chi connectivity index (χ4v) is 2.26. The Morgan fingerprint density at radius 3 is 2.76 bits per heavy atom. The van der Waals surface area contributed by atoms with Crippen LogP contribution >= 0.6 is 0 Å². The Balaban J connectivity index is 2.28. The van der Waals surface area contributed by atoms with E-state index in [-0.39, 0.29) is 17.6 Å². The molecule has 0 amide bonds. The minimum absolute atomic E-state index is 0.208. The first-order valence-corrected chi connectivity index (χ1v) is 6.81. The van der Waals surface area contributed by atoms with Crippen LogP contribution < -0.4 is 10.1 Å². The molecule has 21 heavy (non-hydrogen) atoms. The van der Waals surface area contributed by atoms with Crippen molar-refractivity contribution in [1.82, 2.24) is 10.3 Å². The summed E-state index contributed by atoms with van der Waals surface area (Å²) in [6.07, 6.45) is 3.13. The molecule has 0 aliphatic carbocycles. The van der Waals surface area contributed by atoms with Gasteiger partial charge in [-0.15, -0.1) is 0 Å². The Hall–Kier alpha value is -2.01. The highest BCUT2D eigenvalue weighted by Crippen LogP contribution is 2.25. The van der Waals surface area contributed by atoms with E-state index in [4.69, 9.17) is 4.74 Å². The van der Waals surface area contributed by atoms with E-state index >= 15 is 0 Å². The van der Waals surface area contributed by atoms with Crippen LogP contribution in [-0.2, 0) is 6.42 Å². The molecule has 1 atom stereocenters. The number of pyridine rings is 1. The molecule has 2 rings (SSSR count). The number of aromatic nitrogens is 1. The SMILES string of the molecule is CCNC(Cc1cccc(OC)c1F)c1cncc(F)c1. The molecule has 0 saturated heterocycles. The van der Waals surface area contributed by atoms with E-state index in [1.165, 1.54) is 13.2 Å². The third-order valence-corrected chi connectivity index (χ3v) is 3.27. The molecular formula is C16H18F2N2O. The Labute approximate surface area is 123 Å². The minimum Gasteiger partial charge on any atom is -0.494 e. The number of hydrogen-bond donors (Lipinski definition) is 1. The quantitative estimate of drug-likeness (QED) is 0.887. The molecule has 1 aromatic heterocycles. The third kappa shape index (κ3) is 3.76. The van der Waals surface area contributed by atoms with Gasteiger partial charge in [0.25, 0.3) is 0 Å². The van der Waals surface area contributed by atoms with Gasteiger partial charge in [-0.2, -0.15) is 0 Å². The van der Waals surface area contributed by atoms with Gasteiger partial charge >= 0.3 is 0 Å². The summed E-state index contributed by atoms with van der Waals surface area (Å²) in [6, 6.07) is 6.22. The molecular weight excluding hydrogens is 274 g/mol. The first-order chi connectivity index (χ1) is 10.2. The van der Waals surface area contributed by atoms with Gasteiger partial charge in [-0.05, 0) is 36.2 Å². The second-order valence-corrected chi connectivity index (χ2v) is 4.68. The van der Waals surface area contributed by atoms with Crippen LogP contribution in [0.2, 0.25) is 0 Å². The molecule has 112 valence electrons. The first kappa shape index (κ1) is 15.4. The zero-order valence-corrected chi connectivity index (χ0v) is 12.1. The van der Waals surface area contributed by atoms with Crippen molar-refractivity contribution in [1.29, 1.82) is 0 Å². The van der Waals surface area contributed by atoms with E-state index in [1.54, 1.807) is 24.4 Å². The van der Waals surface area contributed by atoms with Crippen LogP contribution in [0.15, 0.2) is 36.7 Å². The van der Waals surface area contributed by atoms with Crippen LogP contribution in [0.3, 0.4) is 0 Å². The summed E-state index contributed by atoms with van der Waals surface area (Å²) in [6.45, 7) is 2.63. The Kier molecular flexibility index (Phi) is 5.22. The van der Waals surface area contributed by atoms with Gasteiger partial charge in [-0.25, -0.2) is 8.78 Å². The van der Waals surface area contributed by atoms with Gasteiger partial charge in [-0.1, -0.05) is 19.1 Å². The number of halogens is 2. The average molecular weight is 292 g/mol. The summed E-state index contributed by atoms with van der Waals surface area (Å²) in [7, 11) is 1.43. The van der Waals surface area contributed by atoms with Gasteiger partial charge in [-0.3, -0.25) is 4.98 Å². The molecule has 0 bridgehead atoms. The van der Waals surface area contributed by atoms with Crippen molar-refractivity contribution in [3.63, 3.8) is 0 Å². The van der Waals surface area contributed by atoms with Crippen LogP contribution in [0.5, 0.6) is 5.75 Å². The summed E-state index contributed by atoms with van der Waals surface area (Å²) in [5.41, 5.74) is 1.21. The molecule has 3 nitrogen and oxygen atoms in total. The third-order valence-electron chi connectivity index (χ3n) is 3.27. The fraction of sp³-hybridized carbons (Fsp3) is 0.312. The van der Waals surface area contributed by atoms with Crippen molar-refractivity contribution in [2.24, 2.45) is 0 Å². The number of ether oxygens (including phenoxy) is 1. The van der Waals surface area contributed by atoms with E-state index < -0.39 is 5.82 Å². The van der Waals surface area contributed by atoms with Crippen molar-refractivity contribution < 1.29 is 13.5 Å². The van der Waals surface area contributed by atoms with Crippen LogP contribution in [0.25, 0.3) is 0 Å². The maximum Gasteiger partial charge on any atom is 0.168 e. The molecule has 0 radical (unpaired) electrons. The molecule has 0 fully saturated rings. The van der Waals surface area contributed by atoms with E-state index in [2.05, 4.69) is 10.3 Å². The van der Waals surface area contributed by atoms with Crippen molar-refractivity contribution >= 4 is 0 Å². The lowest BCUT2D eigenvalue weighted by Crippen LogP contribution is -2.23. The Morgan fingerprint density at radius 1 is 1.29 bits per heavy atom. The normalized spacial score (nSPS) is 12.2. The standard InChI is InChI=1S/C16H18F2N2O/c1-3-20-14(12-7-13(17)10-19-9-12)8-11-5-4-6-15(21-2)16(11)18/h4-7,9-10,14,20H,3,8H2,1-2H3. The number of likely N-dealkylation sites (N-methyl/N-ethyl adjacent to an activating group) is 1. The summed E-state index contributed by atoms with van der Waals surface area (Å²) < 4.78 is 32.5. The number of rotatable bonds is 6. The maximum atomic E-state index is 14.2. The van der Waals surface area contributed by atoms with Crippen LogP contribution in [0, 0.1) is 11.6 Å². The van der Waals surface area contributed by atoms with E-state index in [0.717, 1.165) is 6.20 Å². The number of hydrogen-bond acceptors (Lipinski definition) is 3. The van der Waals surface area contributed by atoms with Crippen LogP contribution in [-0.4, -0.2) is 18.6 Å². The van der Waals surface area contributed by atoms with E-state index in [0.29, 0.717) is 24.1 Å². The van der Waals surface area contributed by atoms with Gasteiger partial charge in [0, 0.05) is 12.2 Å². The molecule has 0 aliphatic rings. The molecule has 5 heteroatoms. The monoisotopic (exact) mass is 292 g/mol. The number of methoxy groups -OCH3 is 1. The van der Waals surface area contributed by atoms with Gasteiger partial charge in [0.15, 0.2) is 11.6 Å². The lowest BCUT2D eigenvalue weighted by atomic mass is 9.99. The lowest BCUT2D eigenvalue weighted by molar-refractivity contribution is 0.382. The zero-order valence-electron chi connectivity index (χ0n) is 12.1. The predicted octanol–water partition coefficient (Wildman–Crippen LogP) is 3.26. The summed E-state index contributed by atoms with van der Waals surface area (Å²) in [5.74, 6) is -0.575. The number of nitrogens with one attached hydrogen (secondary N) is 1. The fourth-order valence-electron chi connectivity index (χ4n) is 2.26. The second kappa shape index (κ2) is 7.13. The van der Waals surface area contributed by atoms with Gasteiger partial charge in [0.1, 0.15) is 5.82 Å². The average Bonchev–Trinajstić information content (AvgIpc) is 2.48. The van der Waals surface area contributed by atoms with Gasteiger partial charge < -0.3 is 10.1 Å². The molecule has 0 aliphatic heterocycles. The molecule has 2 aromatic rings. The first-order valence-electron chi connectivity index (χ1n) is 6.81. The molecule has 1 unspecified atom stereocenters. The Bertz CT molecular complexity index is 605. The summed E-state index contributed by atoms with van der Waals surface area (Å²) in [5, 5.41) is 3.23. The zero-order chi connectivity index (χ0) is 15.2. The van der Waals surface area contributed by atoms with Crippen molar-refractivity contribution in [3.8, 4) is 5.75 Å². The predicted molar refractivity (Wildman–Crippen MR) is 77.3 cm³/mol. The van der Waals surface area contributed by atoms with E-state index in [1.807, 2.05) is 6.92 Å². The lowest BCUT2D eigenvalue weighted by Gasteiger charge is -2.19. The van der Waals surface area contributed by atoms with Crippen LogP contribution in [0.1, 0.15) is 24.1 Å². The summed E-state index contributed by atoms with van der Waals surface area (Å²) in [4.78, 5) is 3.85. The molecule has 0 saturated carbocycles. The molecule has 0 spiro atoms. The molecule has 1 heterocycles. The highest BCUT2D eigenvalue weighted by atomic mass is 19.1. The van der Waals surface area contributed by atoms with Crippen molar-refractivity contribution in [3.05, 3.63) is 59.4 Å². The highest BCUT2D eigenvalue weighted by molar-refractivity contribution is 5.32. The minimum atomic E-state index is -0.401. The van der Waals surface area contributed by atoms with Crippen molar-refractivity contribution in [2.75, 3.05) is 13.7 Å². The molecule has 1 aromatic carbocycles. The number of benzene rings is 1. The van der Waals surface area contributed by atoms with Crippen LogP contribution in [0.4, 0.5) is 8.78 Å². The maximum absolute atomic E-state index is 14.2. The summed E-state index contributed by atoms with van der Waals surface area (Å²) >= 11 is 0. The smallest absolute Gasteiger partial charge is 0.168 e.